The third-order valence-electron chi connectivity index (χ3n) is 3.71. The fourth-order valence-electron chi connectivity index (χ4n) is 2.55. The van der Waals surface area contributed by atoms with E-state index in [1.165, 1.54) is 22.8 Å². The van der Waals surface area contributed by atoms with Gasteiger partial charge in [-0.25, -0.2) is 0 Å². The molecule has 0 bridgehead atoms. The van der Waals surface area contributed by atoms with Crippen molar-refractivity contribution in [1.82, 2.24) is 4.57 Å². The van der Waals surface area contributed by atoms with Crippen molar-refractivity contribution in [2.24, 2.45) is 10.1 Å². The Labute approximate surface area is 139 Å². The number of sulfonamides is 1. The lowest BCUT2D eigenvalue weighted by Gasteiger charge is -2.10. The van der Waals surface area contributed by atoms with Gasteiger partial charge in [-0.3, -0.25) is 4.79 Å². The molecule has 2 aromatic rings. The zero-order valence-electron chi connectivity index (χ0n) is 13.1. The van der Waals surface area contributed by atoms with E-state index in [4.69, 9.17) is 10.5 Å². The molecule has 1 aliphatic rings. The van der Waals surface area contributed by atoms with Crippen LogP contribution in [-0.4, -0.2) is 25.5 Å². The van der Waals surface area contributed by atoms with Gasteiger partial charge in [0.25, 0.3) is 10.0 Å². The minimum absolute atomic E-state index is 0.0930. The predicted molar refractivity (Wildman–Crippen MR) is 86.8 cm³/mol. The number of hydrogen-bond acceptors (Lipinski definition) is 4. The summed E-state index contributed by atoms with van der Waals surface area (Å²) in [4.78, 5) is 11.5. The molecule has 8 heteroatoms. The Morgan fingerprint density at radius 2 is 1.96 bits per heavy atom. The Balaban J connectivity index is 2.16. The summed E-state index contributed by atoms with van der Waals surface area (Å²) in [5, 5.41) is 0. The number of amides is 1. The number of aromatic nitrogens is 1. The van der Waals surface area contributed by atoms with Crippen LogP contribution in [0.25, 0.3) is 0 Å². The first-order valence-electron chi connectivity index (χ1n) is 7.38. The standard InChI is InChI=1S/C16H17N3O4S/c1-11-2-4-12(5-3-11)24(21,22)18-16-7-6-14-13(8-9-23-14)19(16)10-15(17)20/h2-7H,8-10H2,1H3,(H2,17,20)/b18-16-. The predicted octanol–water partition coefficient (Wildman–Crippen LogP) is 0.506. The van der Waals surface area contributed by atoms with Crippen molar-refractivity contribution < 1.29 is 17.9 Å². The second-order valence-electron chi connectivity index (χ2n) is 5.53. The van der Waals surface area contributed by atoms with Crippen molar-refractivity contribution in [3.05, 3.63) is 53.1 Å². The van der Waals surface area contributed by atoms with E-state index in [2.05, 4.69) is 4.40 Å². The first-order valence-corrected chi connectivity index (χ1v) is 8.82. The largest absolute Gasteiger partial charge is 0.491 e. The lowest BCUT2D eigenvalue weighted by atomic mass is 10.2. The van der Waals surface area contributed by atoms with E-state index in [-0.39, 0.29) is 16.9 Å². The molecular weight excluding hydrogens is 330 g/mol. The molecule has 1 aromatic heterocycles. The van der Waals surface area contributed by atoms with E-state index in [1.54, 1.807) is 18.2 Å². The third kappa shape index (κ3) is 3.18. The molecule has 24 heavy (non-hydrogen) atoms. The number of hydrogen-bond donors (Lipinski definition) is 1. The summed E-state index contributed by atoms with van der Waals surface area (Å²) >= 11 is 0. The minimum atomic E-state index is -3.89. The second kappa shape index (κ2) is 6.12. The Hall–Kier alpha value is -2.61. The minimum Gasteiger partial charge on any atom is -0.491 e. The van der Waals surface area contributed by atoms with E-state index in [0.717, 1.165) is 5.56 Å². The van der Waals surface area contributed by atoms with E-state index in [9.17, 15) is 13.2 Å². The Bertz CT molecular complexity index is 960. The number of benzene rings is 1. The highest BCUT2D eigenvalue weighted by Crippen LogP contribution is 2.23. The van der Waals surface area contributed by atoms with Crippen molar-refractivity contribution >= 4 is 15.9 Å². The van der Waals surface area contributed by atoms with Crippen molar-refractivity contribution in [3.8, 4) is 5.75 Å². The molecule has 0 atom stereocenters. The molecule has 3 rings (SSSR count). The summed E-state index contributed by atoms with van der Waals surface area (Å²) < 4.78 is 35.9. The van der Waals surface area contributed by atoms with Gasteiger partial charge in [-0.2, -0.15) is 8.42 Å². The second-order valence-corrected chi connectivity index (χ2v) is 7.14. The Morgan fingerprint density at radius 3 is 2.62 bits per heavy atom. The summed E-state index contributed by atoms with van der Waals surface area (Å²) in [6.45, 7) is 2.19. The molecule has 0 saturated carbocycles. The molecule has 0 spiro atoms. The molecule has 7 nitrogen and oxygen atoms in total. The van der Waals surface area contributed by atoms with Gasteiger partial charge in [0.1, 0.15) is 17.8 Å². The van der Waals surface area contributed by atoms with Crippen molar-refractivity contribution in [1.29, 1.82) is 0 Å². The molecule has 1 aromatic carbocycles. The number of nitrogens with zero attached hydrogens (tertiary/aromatic N) is 2. The zero-order valence-corrected chi connectivity index (χ0v) is 13.9. The fourth-order valence-corrected chi connectivity index (χ4v) is 3.54. The van der Waals surface area contributed by atoms with Gasteiger partial charge in [0, 0.05) is 6.42 Å². The fraction of sp³-hybridized carbons (Fsp3) is 0.250. The first kappa shape index (κ1) is 16.3. The molecule has 0 fully saturated rings. The highest BCUT2D eigenvalue weighted by atomic mass is 32.2. The van der Waals surface area contributed by atoms with Crippen LogP contribution in [0, 0.1) is 6.92 Å². The van der Waals surface area contributed by atoms with E-state index in [1.807, 2.05) is 6.92 Å². The highest BCUT2D eigenvalue weighted by Gasteiger charge is 2.19. The zero-order chi connectivity index (χ0) is 17.3. The topological polar surface area (TPSA) is 104 Å². The van der Waals surface area contributed by atoms with Crippen LogP contribution in [0.3, 0.4) is 0 Å². The molecule has 0 aliphatic carbocycles. The van der Waals surface area contributed by atoms with Crippen LogP contribution < -0.4 is 16.0 Å². The van der Waals surface area contributed by atoms with Gasteiger partial charge in [-0.05, 0) is 31.2 Å². The van der Waals surface area contributed by atoms with Gasteiger partial charge in [-0.15, -0.1) is 4.40 Å². The van der Waals surface area contributed by atoms with E-state index >= 15 is 0 Å². The van der Waals surface area contributed by atoms with Crippen LogP contribution in [0.2, 0.25) is 0 Å². The molecule has 1 aliphatic heterocycles. The Kier molecular flexibility index (Phi) is 4.15. The summed E-state index contributed by atoms with van der Waals surface area (Å²) in [5.41, 5.74) is 7.11. The maximum absolute atomic E-state index is 12.5. The van der Waals surface area contributed by atoms with E-state index in [0.29, 0.717) is 24.5 Å². The van der Waals surface area contributed by atoms with Gasteiger partial charge < -0.3 is 15.0 Å². The van der Waals surface area contributed by atoms with Crippen LogP contribution in [0.1, 0.15) is 11.3 Å². The molecule has 0 radical (unpaired) electrons. The van der Waals surface area contributed by atoms with Crippen LogP contribution in [0.5, 0.6) is 5.75 Å². The molecule has 0 unspecified atom stereocenters. The third-order valence-corrected chi connectivity index (χ3v) is 5.01. The maximum atomic E-state index is 12.5. The van der Waals surface area contributed by atoms with Gasteiger partial charge in [-0.1, -0.05) is 17.7 Å². The summed E-state index contributed by atoms with van der Waals surface area (Å²) in [6.07, 6.45) is 0.566. The monoisotopic (exact) mass is 347 g/mol. The average Bonchev–Trinajstić information content (AvgIpc) is 2.98. The SMILES string of the molecule is Cc1ccc(S(=O)(=O)/N=c2/ccc3c(n2CC(N)=O)CCO3)cc1. The van der Waals surface area contributed by atoms with Crippen LogP contribution in [0.15, 0.2) is 45.7 Å². The summed E-state index contributed by atoms with van der Waals surface area (Å²) in [5.74, 6) is 0.0346. The number of pyridine rings is 1. The summed E-state index contributed by atoms with van der Waals surface area (Å²) in [6, 6.07) is 9.58. The quantitative estimate of drug-likeness (QED) is 0.870. The van der Waals surface area contributed by atoms with Crippen molar-refractivity contribution in [3.63, 3.8) is 0 Å². The van der Waals surface area contributed by atoms with Gasteiger partial charge in [0.2, 0.25) is 5.91 Å². The molecule has 1 amide bonds. The molecule has 2 heterocycles. The number of primary amides is 1. The molecule has 126 valence electrons. The van der Waals surface area contributed by atoms with Crippen LogP contribution in [0.4, 0.5) is 0 Å². The molecule has 0 saturated heterocycles. The van der Waals surface area contributed by atoms with Gasteiger partial charge in [0.15, 0.2) is 0 Å². The lowest BCUT2D eigenvalue weighted by Crippen LogP contribution is -2.31. The van der Waals surface area contributed by atoms with Gasteiger partial charge in [0.05, 0.1) is 17.2 Å². The van der Waals surface area contributed by atoms with Crippen molar-refractivity contribution in [2.45, 2.75) is 24.8 Å². The highest BCUT2D eigenvalue weighted by molar-refractivity contribution is 7.90. The average molecular weight is 347 g/mol. The van der Waals surface area contributed by atoms with Crippen molar-refractivity contribution in [2.75, 3.05) is 6.61 Å². The number of carbonyl (C=O) groups excluding carboxylic acids is 1. The normalized spacial score (nSPS) is 14.3. The van der Waals surface area contributed by atoms with E-state index < -0.39 is 15.9 Å². The van der Waals surface area contributed by atoms with Crippen LogP contribution >= 0.6 is 0 Å². The lowest BCUT2D eigenvalue weighted by molar-refractivity contribution is -0.118. The number of aryl methyl sites for hydroxylation is 1. The number of carbonyl (C=O) groups is 1. The maximum Gasteiger partial charge on any atom is 0.284 e. The number of ether oxygens (including phenoxy) is 1. The number of nitrogens with two attached hydrogens (primary N) is 1. The molecular formula is C16H17N3O4S. The number of rotatable bonds is 4. The summed E-state index contributed by atoms with van der Waals surface area (Å²) in [7, 11) is -3.89. The van der Waals surface area contributed by atoms with Gasteiger partial charge >= 0.3 is 0 Å². The number of fused-ring (bicyclic) bond motifs is 1. The molecule has 2 N–H and O–H groups in total. The first-order chi connectivity index (χ1) is 11.4. The smallest absolute Gasteiger partial charge is 0.284 e. The Morgan fingerprint density at radius 1 is 1.25 bits per heavy atom. The van der Waals surface area contributed by atoms with Crippen LogP contribution in [-0.2, 0) is 27.8 Å².